The molecule has 0 aliphatic heterocycles. The van der Waals surface area contributed by atoms with Gasteiger partial charge in [-0.3, -0.25) is 4.79 Å². The molecule has 21 heavy (non-hydrogen) atoms. The number of nitrogens with one attached hydrogen (secondary N) is 1. The molecule has 1 aromatic rings. The van der Waals surface area contributed by atoms with Crippen LogP contribution >= 0.6 is 11.6 Å². The quantitative estimate of drug-likeness (QED) is 0.640. The fraction of sp³-hybridized carbons (Fsp3) is 0.667. The van der Waals surface area contributed by atoms with Crippen molar-refractivity contribution in [2.45, 2.75) is 31.7 Å². The molecule has 8 nitrogen and oxygen atoms in total. The third-order valence-corrected chi connectivity index (χ3v) is 4.17. The molecule has 2 atom stereocenters. The summed E-state index contributed by atoms with van der Waals surface area (Å²) in [5.41, 5.74) is -0.656. The van der Waals surface area contributed by atoms with Crippen LogP contribution < -0.4 is 10.9 Å². The Morgan fingerprint density at radius 2 is 2.19 bits per heavy atom. The molecule has 0 spiro atoms. The summed E-state index contributed by atoms with van der Waals surface area (Å²) >= 11 is 5.96. The molecule has 2 N–H and O–H groups in total. The van der Waals surface area contributed by atoms with Crippen LogP contribution in [0.4, 0.5) is 11.5 Å². The Morgan fingerprint density at radius 1 is 1.52 bits per heavy atom. The number of hydrogen-bond donors (Lipinski definition) is 2. The van der Waals surface area contributed by atoms with Crippen molar-refractivity contribution >= 4 is 23.1 Å². The third kappa shape index (κ3) is 3.16. The molecular weight excluding hydrogens is 300 g/mol. The molecule has 1 heterocycles. The highest BCUT2D eigenvalue weighted by molar-refractivity contribution is 6.33. The summed E-state index contributed by atoms with van der Waals surface area (Å²) < 4.78 is 0.843. The predicted molar refractivity (Wildman–Crippen MR) is 77.6 cm³/mol. The van der Waals surface area contributed by atoms with E-state index in [9.17, 15) is 20.0 Å². The van der Waals surface area contributed by atoms with Crippen molar-refractivity contribution in [2.75, 3.05) is 11.9 Å². The van der Waals surface area contributed by atoms with E-state index in [1.165, 1.54) is 7.05 Å². The summed E-state index contributed by atoms with van der Waals surface area (Å²) in [5, 5.41) is 26.9. The highest BCUT2D eigenvalue weighted by atomic mass is 35.5. The molecule has 1 saturated carbocycles. The van der Waals surface area contributed by atoms with Crippen molar-refractivity contribution < 1.29 is 10.0 Å². The summed E-state index contributed by atoms with van der Waals surface area (Å²) in [7, 11) is 1.31. The van der Waals surface area contributed by atoms with Crippen LogP contribution in [-0.2, 0) is 7.05 Å². The first-order valence-electron chi connectivity index (χ1n) is 6.74. The first-order valence-corrected chi connectivity index (χ1v) is 7.12. The predicted octanol–water partition coefficient (Wildman–Crippen LogP) is 1.30. The van der Waals surface area contributed by atoms with Gasteiger partial charge in [-0.25, -0.2) is 0 Å². The van der Waals surface area contributed by atoms with Gasteiger partial charge in [-0.05, 0) is 17.8 Å². The van der Waals surface area contributed by atoms with E-state index in [1.807, 2.05) is 0 Å². The van der Waals surface area contributed by atoms with Crippen LogP contribution in [0.25, 0.3) is 0 Å². The normalized spacial score (nSPS) is 22.0. The van der Waals surface area contributed by atoms with Crippen molar-refractivity contribution in [3.05, 3.63) is 25.5 Å². The number of aliphatic hydroxyl groups excluding tert-OH is 1. The maximum Gasteiger partial charge on any atom is 0.413 e. The van der Waals surface area contributed by atoms with E-state index in [2.05, 4.69) is 10.4 Å². The second kappa shape index (κ2) is 6.40. The monoisotopic (exact) mass is 316 g/mol. The molecule has 9 heteroatoms. The first kappa shape index (κ1) is 15.7. The minimum Gasteiger partial charge on any atom is -0.396 e. The lowest BCUT2D eigenvalue weighted by Crippen LogP contribution is -2.35. The smallest absolute Gasteiger partial charge is 0.396 e. The number of nitro groups is 1. The molecule has 1 aliphatic rings. The van der Waals surface area contributed by atoms with Crippen LogP contribution in [0.1, 0.15) is 25.7 Å². The molecule has 116 valence electrons. The second-order valence-corrected chi connectivity index (χ2v) is 5.55. The van der Waals surface area contributed by atoms with E-state index in [4.69, 9.17) is 11.6 Å². The summed E-state index contributed by atoms with van der Waals surface area (Å²) in [6.45, 7) is -0.0125. The number of hydrogen-bond acceptors (Lipinski definition) is 6. The van der Waals surface area contributed by atoms with Crippen molar-refractivity contribution in [1.29, 1.82) is 0 Å². The Labute approximate surface area is 125 Å². The summed E-state index contributed by atoms with van der Waals surface area (Å²) in [6, 6.07) is -0.158. The van der Waals surface area contributed by atoms with Gasteiger partial charge in [0.2, 0.25) is 0 Å². The van der Waals surface area contributed by atoms with E-state index in [0.29, 0.717) is 0 Å². The lowest BCUT2D eigenvalue weighted by Gasteiger charge is -2.31. The standard InChI is InChI=1S/C12H17ClN4O4/c1-16-12(19)9(13)10(11(15-16)17(20)21)14-8-5-3-2-4-7(8)6-18/h7-8,14,18H,2-6H2,1H3/t7-,8+/m0/s1. The van der Waals surface area contributed by atoms with Crippen molar-refractivity contribution in [3.63, 3.8) is 0 Å². The number of aliphatic hydroxyl groups is 1. The third-order valence-electron chi connectivity index (χ3n) is 3.82. The van der Waals surface area contributed by atoms with Crippen LogP contribution in [0.5, 0.6) is 0 Å². The summed E-state index contributed by atoms with van der Waals surface area (Å²) in [4.78, 5) is 22.2. The Kier molecular flexibility index (Phi) is 4.79. The zero-order valence-corrected chi connectivity index (χ0v) is 12.3. The number of halogens is 1. The van der Waals surface area contributed by atoms with Gasteiger partial charge in [0.1, 0.15) is 5.02 Å². The van der Waals surface area contributed by atoms with Gasteiger partial charge < -0.3 is 20.5 Å². The van der Waals surface area contributed by atoms with Crippen LogP contribution in [-0.4, -0.2) is 32.5 Å². The van der Waals surface area contributed by atoms with E-state index in [1.54, 1.807) is 0 Å². The van der Waals surface area contributed by atoms with E-state index in [0.717, 1.165) is 30.4 Å². The average molecular weight is 317 g/mol. The lowest BCUT2D eigenvalue weighted by atomic mass is 9.85. The van der Waals surface area contributed by atoms with Crippen LogP contribution in [0, 0.1) is 16.0 Å². The van der Waals surface area contributed by atoms with Crippen LogP contribution in [0.3, 0.4) is 0 Å². The second-order valence-electron chi connectivity index (χ2n) is 5.18. The zero-order valence-electron chi connectivity index (χ0n) is 11.6. The highest BCUT2D eigenvalue weighted by Crippen LogP contribution is 2.32. The van der Waals surface area contributed by atoms with Gasteiger partial charge in [0, 0.05) is 18.6 Å². The largest absolute Gasteiger partial charge is 0.413 e. The van der Waals surface area contributed by atoms with Crippen molar-refractivity contribution in [2.24, 2.45) is 13.0 Å². The van der Waals surface area contributed by atoms with E-state index >= 15 is 0 Å². The highest BCUT2D eigenvalue weighted by Gasteiger charge is 2.30. The van der Waals surface area contributed by atoms with E-state index < -0.39 is 16.3 Å². The molecule has 0 bridgehead atoms. The summed E-state index contributed by atoms with van der Waals surface area (Å²) in [6.07, 6.45) is 3.55. The topological polar surface area (TPSA) is 110 Å². The van der Waals surface area contributed by atoms with Gasteiger partial charge in [-0.15, -0.1) is 4.68 Å². The van der Waals surface area contributed by atoms with Gasteiger partial charge in [0.25, 0.3) is 0 Å². The van der Waals surface area contributed by atoms with Crippen LogP contribution in [0.2, 0.25) is 5.02 Å². The van der Waals surface area contributed by atoms with Gasteiger partial charge in [-0.2, -0.15) is 0 Å². The molecule has 0 aromatic carbocycles. The number of aryl methyl sites for hydroxylation is 1. The minimum atomic E-state index is -0.676. The van der Waals surface area contributed by atoms with Gasteiger partial charge >= 0.3 is 11.4 Å². The Balaban J connectivity index is 2.40. The molecule has 0 amide bonds. The minimum absolute atomic E-state index is 0.0125. The number of nitrogens with zero attached hydrogens (tertiary/aromatic N) is 3. The Hall–Kier alpha value is -1.67. The molecule has 0 unspecified atom stereocenters. The fourth-order valence-corrected chi connectivity index (χ4v) is 2.90. The maximum atomic E-state index is 11.8. The van der Waals surface area contributed by atoms with Gasteiger partial charge in [-0.1, -0.05) is 24.4 Å². The molecular formula is C12H17ClN4O4. The Bertz CT molecular complexity index is 604. The zero-order chi connectivity index (χ0) is 15.6. The molecule has 1 aliphatic carbocycles. The molecule has 1 aromatic heterocycles. The maximum absolute atomic E-state index is 11.8. The Morgan fingerprint density at radius 3 is 2.81 bits per heavy atom. The summed E-state index contributed by atoms with van der Waals surface area (Å²) in [5.74, 6) is -0.497. The van der Waals surface area contributed by atoms with Crippen LogP contribution in [0.15, 0.2) is 4.79 Å². The molecule has 1 fully saturated rings. The van der Waals surface area contributed by atoms with Crippen molar-refractivity contribution in [3.8, 4) is 0 Å². The first-order chi connectivity index (χ1) is 9.95. The SMILES string of the molecule is Cn1nc([N+](=O)[O-])c(N[C@@H]2CCCC[C@H]2CO)c(Cl)c1=O. The average Bonchev–Trinajstić information content (AvgIpc) is 2.47. The molecule has 0 saturated heterocycles. The lowest BCUT2D eigenvalue weighted by molar-refractivity contribution is -0.389. The molecule has 2 rings (SSSR count). The number of rotatable bonds is 4. The number of anilines is 1. The van der Waals surface area contributed by atoms with Gasteiger partial charge in [0.05, 0.1) is 12.1 Å². The van der Waals surface area contributed by atoms with E-state index in [-0.39, 0.29) is 29.3 Å². The van der Waals surface area contributed by atoms with Gasteiger partial charge in [0.15, 0.2) is 5.69 Å². The molecule has 0 radical (unpaired) electrons. The van der Waals surface area contributed by atoms with Crippen molar-refractivity contribution in [1.82, 2.24) is 9.78 Å². The number of aromatic nitrogens is 2. The fourth-order valence-electron chi connectivity index (χ4n) is 2.64.